The van der Waals surface area contributed by atoms with E-state index in [1.165, 1.54) is 0 Å². The molecule has 5 N–H and O–H groups in total. The molecule has 0 saturated carbocycles. The normalized spacial score (nSPS) is 12.7. The Bertz CT molecular complexity index is 631. The molecule has 0 saturated heterocycles. The van der Waals surface area contributed by atoms with Crippen molar-refractivity contribution in [2.24, 2.45) is 5.73 Å². The van der Waals surface area contributed by atoms with Gasteiger partial charge in [0.25, 0.3) is 0 Å². The Labute approximate surface area is 108 Å². The molecular formula is C12H15N3O4. The monoisotopic (exact) mass is 265 g/mol. The summed E-state index contributed by atoms with van der Waals surface area (Å²) in [4.78, 5) is 24.1. The molecule has 0 bridgehead atoms. The van der Waals surface area contributed by atoms with Crippen LogP contribution in [0.5, 0.6) is 0 Å². The Hall–Kier alpha value is -2.12. The molecular weight excluding hydrogens is 250 g/mol. The van der Waals surface area contributed by atoms with Crippen molar-refractivity contribution in [1.29, 1.82) is 0 Å². The second-order valence-corrected chi connectivity index (χ2v) is 4.24. The van der Waals surface area contributed by atoms with E-state index < -0.39 is 17.8 Å². The Morgan fingerprint density at radius 2 is 2.32 bits per heavy atom. The fourth-order valence-corrected chi connectivity index (χ4v) is 1.73. The van der Waals surface area contributed by atoms with Crippen LogP contribution in [0.3, 0.4) is 0 Å². The standard InChI is InChI=1S/C12H15N3O4/c13-8(11(16)17)6-14-4-3-7-1-2-10-9(5-7)15-12(18)19-10/h1-2,5,8,14H,3-4,6,13H2,(H,15,18)(H,16,17). The third-order valence-electron chi connectivity index (χ3n) is 2.76. The van der Waals surface area contributed by atoms with E-state index in [2.05, 4.69) is 10.3 Å². The summed E-state index contributed by atoms with van der Waals surface area (Å²) in [6, 6.07) is 4.52. The van der Waals surface area contributed by atoms with Gasteiger partial charge in [0.15, 0.2) is 5.58 Å². The minimum atomic E-state index is -1.02. The summed E-state index contributed by atoms with van der Waals surface area (Å²) in [6.07, 6.45) is 0.704. The van der Waals surface area contributed by atoms with E-state index in [0.29, 0.717) is 24.1 Å². The smallest absolute Gasteiger partial charge is 0.417 e. The van der Waals surface area contributed by atoms with E-state index in [9.17, 15) is 9.59 Å². The summed E-state index contributed by atoms with van der Waals surface area (Å²) in [5.74, 6) is -1.50. The maximum absolute atomic E-state index is 11.0. The first-order chi connectivity index (χ1) is 9.06. The first-order valence-electron chi connectivity index (χ1n) is 5.87. The Balaban J connectivity index is 1.88. The zero-order valence-electron chi connectivity index (χ0n) is 10.2. The number of hydrogen-bond donors (Lipinski definition) is 4. The van der Waals surface area contributed by atoms with Crippen molar-refractivity contribution < 1.29 is 14.3 Å². The second kappa shape index (κ2) is 5.68. The lowest BCUT2D eigenvalue weighted by atomic mass is 10.1. The van der Waals surface area contributed by atoms with Crippen molar-refractivity contribution in [3.63, 3.8) is 0 Å². The summed E-state index contributed by atoms with van der Waals surface area (Å²) < 4.78 is 4.90. The van der Waals surface area contributed by atoms with Crippen molar-refractivity contribution in [3.8, 4) is 0 Å². The quantitative estimate of drug-likeness (QED) is 0.530. The molecule has 2 rings (SSSR count). The molecule has 2 aromatic rings. The van der Waals surface area contributed by atoms with E-state index in [1.807, 2.05) is 12.1 Å². The summed E-state index contributed by atoms with van der Waals surface area (Å²) >= 11 is 0. The lowest BCUT2D eigenvalue weighted by molar-refractivity contribution is -0.138. The zero-order valence-corrected chi connectivity index (χ0v) is 10.2. The third kappa shape index (κ3) is 3.43. The van der Waals surface area contributed by atoms with Gasteiger partial charge in [-0.1, -0.05) is 6.07 Å². The number of carboxylic acid groups (broad SMARTS) is 1. The highest BCUT2D eigenvalue weighted by atomic mass is 16.4. The largest absolute Gasteiger partial charge is 0.480 e. The Morgan fingerprint density at radius 1 is 1.53 bits per heavy atom. The van der Waals surface area contributed by atoms with Crippen LogP contribution in [-0.4, -0.2) is 35.2 Å². The van der Waals surface area contributed by atoms with Crippen LogP contribution in [0.2, 0.25) is 0 Å². The number of nitrogens with two attached hydrogens (primary N) is 1. The van der Waals surface area contributed by atoms with Gasteiger partial charge in [0, 0.05) is 6.54 Å². The number of benzene rings is 1. The van der Waals surface area contributed by atoms with E-state index in [4.69, 9.17) is 15.3 Å². The van der Waals surface area contributed by atoms with Gasteiger partial charge in [-0.25, -0.2) is 4.79 Å². The predicted molar refractivity (Wildman–Crippen MR) is 69.0 cm³/mol. The lowest BCUT2D eigenvalue weighted by Gasteiger charge is -2.08. The average molecular weight is 265 g/mol. The molecule has 1 aromatic carbocycles. The van der Waals surface area contributed by atoms with Gasteiger partial charge in [-0.3, -0.25) is 9.78 Å². The van der Waals surface area contributed by atoms with Crippen molar-refractivity contribution in [1.82, 2.24) is 10.3 Å². The number of H-pyrrole nitrogens is 1. The summed E-state index contributed by atoms with van der Waals surface area (Å²) in [5.41, 5.74) is 7.55. The van der Waals surface area contributed by atoms with Gasteiger partial charge in [0.2, 0.25) is 0 Å². The van der Waals surface area contributed by atoms with Crippen molar-refractivity contribution >= 4 is 17.1 Å². The van der Waals surface area contributed by atoms with Crippen LogP contribution in [0.15, 0.2) is 27.4 Å². The predicted octanol–water partition coefficient (Wildman–Crippen LogP) is -0.335. The fraction of sp³-hybridized carbons (Fsp3) is 0.333. The number of oxazole rings is 1. The molecule has 1 atom stereocenters. The van der Waals surface area contributed by atoms with Crippen molar-refractivity contribution in [2.75, 3.05) is 13.1 Å². The summed E-state index contributed by atoms with van der Waals surface area (Å²) in [5, 5.41) is 11.6. The second-order valence-electron chi connectivity index (χ2n) is 4.24. The average Bonchev–Trinajstić information content (AvgIpc) is 2.73. The number of carbonyl (C=O) groups is 1. The molecule has 0 fully saturated rings. The molecule has 19 heavy (non-hydrogen) atoms. The summed E-state index contributed by atoms with van der Waals surface area (Å²) in [6.45, 7) is 0.828. The zero-order chi connectivity index (χ0) is 13.8. The van der Waals surface area contributed by atoms with Gasteiger partial charge in [0.1, 0.15) is 6.04 Å². The first kappa shape index (κ1) is 13.3. The highest BCUT2D eigenvalue weighted by Gasteiger charge is 2.09. The number of aromatic nitrogens is 1. The molecule has 0 radical (unpaired) electrons. The van der Waals surface area contributed by atoms with E-state index >= 15 is 0 Å². The SMILES string of the molecule is NC(CNCCc1ccc2oc(=O)[nH]c2c1)C(=O)O. The van der Waals surface area contributed by atoms with E-state index in [1.54, 1.807) is 6.07 Å². The van der Waals surface area contributed by atoms with Crippen LogP contribution in [0.4, 0.5) is 0 Å². The van der Waals surface area contributed by atoms with Crippen LogP contribution >= 0.6 is 0 Å². The van der Waals surface area contributed by atoms with Gasteiger partial charge < -0.3 is 20.6 Å². The lowest BCUT2D eigenvalue weighted by Crippen LogP contribution is -2.40. The molecule has 0 aliphatic carbocycles. The number of aliphatic carboxylic acids is 1. The molecule has 0 aliphatic heterocycles. The molecule has 1 heterocycles. The number of nitrogens with one attached hydrogen (secondary N) is 2. The van der Waals surface area contributed by atoms with Crippen molar-refractivity contribution in [3.05, 3.63) is 34.3 Å². The Morgan fingerprint density at radius 3 is 3.05 bits per heavy atom. The van der Waals surface area contributed by atoms with Crippen molar-refractivity contribution in [2.45, 2.75) is 12.5 Å². The van der Waals surface area contributed by atoms with Crippen LogP contribution in [0, 0.1) is 0 Å². The third-order valence-corrected chi connectivity index (χ3v) is 2.76. The molecule has 1 aromatic heterocycles. The van der Waals surface area contributed by atoms with Gasteiger partial charge in [0.05, 0.1) is 5.52 Å². The van der Waals surface area contributed by atoms with Crippen LogP contribution in [-0.2, 0) is 11.2 Å². The number of carboxylic acids is 1. The first-order valence-corrected chi connectivity index (χ1v) is 5.87. The molecule has 0 spiro atoms. The molecule has 7 nitrogen and oxygen atoms in total. The minimum absolute atomic E-state index is 0.222. The van der Waals surface area contributed by atoms with Gasteiger partial charge in [-0.05, 0) is 30.7 Å². The molecule has 7 heteroatoms. The highest BCUT2D eigenvalue weighted by molar-refractivity contribution is 5.73. The van der Waals surface area contributed by atoms with Gasteiger partial charge in [-0.2, -0.15) is 0 Å². The fourth-order valence-electron chi connectivity index (χ4n) is 1.73. The highest BCUT2D eigenvalue weighted by Crippen LogP contribution is 2.12. The van der Waals surface area contributed by atoms with E-state index in [-0.39, 0.29) is 6.54 Å². The molecule has 102 valence electrons. The molecule has 0 aliphatic rings. The number of fused-ring (bicyclic) bond motifs is 1. The topological polar surface area (TPSA) is 121 Å². The van der Waals surface area contributed by atoms with Crippen LogP contribution in [0.1, 0.15) is 5.56 Å². The molecule has 0 amide bonds. The number of aromatic amines is 1. The van der Waals surface area contributed by atoms with E-state index in [0.717, 1.165) is 5.56 Å². The number of hydrogen-bond acceptors (Lipinski definition) is 5. The maximum Gasteiger partial charge on any atom is 0.417 e. The van der Waals surface area contributed by atoms with Gasteiger partial charge >= 0.3 is 11.7 Å². The van der Waals surface area contributed by atoms with Crippen LogP contribution < -0.4 is 16.8 Å². The maximum atomic E-state index is 11.0. The number of rotatable bonds is 6. The minimum Gasteiger partial charge on any atom is -0.480 e. The summed E-state index contributed by atoms with van der Waals surface area (Å²) in [7, 11) is 0. The van der Waals surface area contributed by atoms with Crippen LogP contribution in [0.25, 0.3) is 11.1 Å². The van der Waals surface area contributed by atoms with Gasteiger partial charge in [-0.15, -0.1) is 0 Å². The Kier molecular flexibility index (Phi) is 3.98. The molecule has 1 unspecified atom stereocenters.